The maximum Gasteiger partial charge on any atom is 0.0909 e. The van der Waals surface area contributed by atoms with E-state index in [0.717, 1.165) is 12.8 Å². The topological polar surface area (TPSA) is 23.8 Å². The van der Waals surface area contributed by atoms with Gasteiger partial charge in [-0.05, 0) is 12.8 Å². The van der Waals surface area contributed by atoms with Gasteiger partial charge in [0.2, 0.25) is 0 Å². The molecule has 0 amide bonds. The lowest BCUT2D eigenvalue weighted by molar-refractivity contribution is 0.547. The van der Waals surface area contributed by atoms with Gasteiger partial charge in [-0.3, -0.25) is 0 Å². The van der Waals surface area contributed by atoms with Gasteiger partial charge in [-0.2, -0.15) is 5.26 Å². The molecule has 2 aliphatic rings. The monoisotopic (exact) mass is 143 g/mol. The smallest absolute Gasteiger partial charge is 0.0909 e. The molecule has 0 aromatic heterocycles. The highest BCUT2D eigenvalue weighted by Crippen LogP contribution is 2.45. The van der Waals surface area contributed by atoms with Crippen molar-refractivity contribution in [2.45, 2.75) is 12.8 Å². The van der Waals surface area contributed by atoms with Crippen molar-refractivity contribution in [2.24, 2.45) is 5.41 Å². The first kappa shape index (κ1) is 6.42. The lowest BCUT2D eigenvalue weighted by Gasteiger charge is -2.16. The van der Waals surface area contributed by atoms with Crippen LogP contribution in [-0.2, 0) is 0 Å². The quantitative estimate of drug-likeness (QED) is 0.517. The van der Waals surface area contributed by atoms with Crippen LogP contribution < -0.4 is 0 Å². The summed E-state index contributed by atoms with van der Waals surface area (Å²) in [6, 6.07) is 2.03. The molecule has 2 aliphatic carbocycles. The Kier molecular flexibility index (Phi) is 1.22. The number of hydrogen-bond acceptors (Lipinski definition) is 1. The highest BCUT2D eigenvalue weighted by molar-refractivity contribution is 5.41. The third kappa shape index (κ3) is 0.914. The number of fused-ring (bicyclic) bond motifs is 2. The lowest BCUT2D eigenvalue weighted by atomic mass is 9.87. The van der Waals surface area contributed by atoms with E-state index in [1.165, 1.54) is 5.57 Å². The van der Waals surface area contributed by atoms with Crippen LogP contribution in [0.25, 0.3) is 0 Å². The van der Waals surface area contributed by atoms with Crippen molar-refractivity contribution in [3.05, 3.63) is 36.0 Å². The Morgan fingerprint density at radius 3 is 3.00 bits per heavy atom. The second-order valence-electron chi connectivity index (χ2n) is 3.19. The Balaban J connectivity index is 2.23. The minimum absolute atomic E-state index is 0.186. The van der Waals surface area contributed by atoms with Gasteiger partial charge in [-0.15, -0.1) is 0 Å². The Morgan fingerprint density at radius 1 is 1.64 bits per heavy atom. The summed E-state index contributed by atoms with van der Waals surface area (Å²) >= 11 is 0. The zero-order chi connectivity index (χ0) is 7.73. The molecule has 54 valence electrons. The molecule has 0 radical (unpaired) electrons. The summed E-state index contributed by atoms with van der Waals surface area (Å²) in [5.74, 6) is 0. The summed E-state index contributed by atoms with van der Waals surface area (Å²) in [4.78, 5) is 0. The van der Waals surface area contributed by atoms with Gasteiger partial charge in [-0.1, -0.05) is 29.9 Å². The van der Waals surface area contributed by atoms with Crippen LogP contribution in [0.2, 0.25) is 0 Å². The third-order valence-corrected chi connectivity index (χ3v) is 2.40. The molecule has 0 saturated heterocycles. The molecule has 2 rings (SSSR count). The van der Waals surface area contributed by atoms with Crippen molar-refractivity contribution in [1.29, 1.82) is 5.26 Å². The molecule has 1 heteroatoms. The van der Waals surface area contributed by atoms with Crippen molar-refractivity contribution in [2.75, 3.05) is 0 Å². The van der Waals surface area contributed by atoms with Crippen LogP contribution in [0.3, 0.4) is 0 Å². The van der Waals surface area contributed by atoms with E-state index in [1.807, 2.05) is 12.1 Å². The highest BCUT2D eigenvalue weighted by atomic mass is 14.4. The fourth-order valence-electron chi connectivity index (χ4n) is 1.76. The van der Waals surface area contributed by atoms with Gasteiger partial charge in [0.15, 0.2) is 0 Å². The molecule has 0 aromatic rings. The van der Waals surface area contributed by atoms with E-state index >= 15 is 0 Å². The molecule has 0 aromatic carbocycles. The molecule has 0 spiro atoms. The van der Waals surface area contributed by atoms with E-state index in [-0.39, 0.29) is 5.41 Å². The Morgan fingerprint density at radius 2 is 2.55 bits per heavy atom. The zero-order valence-electron chi connectivity index (χ0n) is 6.25. The average Bonchev–Trinajstić information content (AvgIpc) is 2.60. The third-order valence-electron chi connectivity index (χ3n) is 2.40. The fraction of sp³-hybridized carbons (Fsp3) is 0.300. The van der Waals surface area contributed by atoms with Gasteiger partial charge < -0.3 is 0 Å². The van der Waals surface area contributed by atoms with Crippen molar-refractivity contribution in [3.63, 3.8) is 0 Å². The van der Waals surface area contributed by atoms with Crippen molar-refractivity contribution < 1.29 is 0 Å². The van der Waals surface area contributed by atoms with Crippen molar-refractivity contribution in [3.8, 4) is 6.07 Å². The summed E-state index contributed by atoms with van der Waals surface area (Å²) in [5, 5.41) is 8.37. The molecule has 0 saturated carbocycles. The number of rotatable bonds is 1. The van der Waals surface area contributed by atoms with Crippen molar-refractivity contribution >= 4 is 0 Å². The standard InChI is InChI=1S/C10H9N/c11-7-1-4-10-5-2-9(8-10)3-6-10/h1-5H,6,8H2. The van der Waals surface area contributed by atoms with E-state index in [2.05, 4.69) is 18.2 Å². The van der Waals surface area contributed by atoms with Crippen LogP contribution in [0.4, 0.5) is 0 Å². The Labute approximate surface area is 66.3 Å². The van der Waals surface area contributed by atoms with E-state index in [9.17, 15) is 0 Å². The molecule has 1 atom stereocenters. The van der Waals surface area contributed by atoms with Crippen LogP contribution in [0.5, 0.6) is 0 Å². The minimum atomic E-state index is 0.186. The zero-order valence-corrected chi connectivity index (χ0v) is 6.25. The summed E-state index contributed by atoms with van der Waals surface area (Å²) in [5.41, 5.74) is 1.61. The number of hydrogen-bond donors (Lipinski definition) is 0. The molecule has 1 nitrogen and oxygen atoms in total. The second kappa shape index (κ2) is 2.10. The van der Waals surface area contributed by atoms with E-state index in [4.69, 9.17) is 5.26 Å². The summed E-state index contributed by atoms with van der Waals surface area (Å²) < 4.78 is 0. The number of allylic oxidation sites excluding steroid dienone is 6. The van der Waals surface area contributed by atoms with Crippen LogP contribution in [0.1, 0.15) is 12.8 Å². The fourth-order valence-corrected chi connectivity index (χ4v) is 1.76. The van der Waals surface area contributed by atoms with E-state index in [1.54, 1.807) is 6.08 Å². The molecule has 0 N–H and O–H groups in total. The lowest BCUT2D eigenvalue weighted by Crippen LogP contribution is -2.06. The molecule has 0 heterocycles. The van der Waals surface area contributed by atoms with Crippen LogP contribution in [-0.4, -0.2) is 0 Å². The molecule has 11 heavy (non-hydrogen) atoms. The van der Waals surface area contributed by atoms with Crippen LogP contribution in [0, 0.1) is 16.7 Å². The maximum atomic E-state index is 8.37. The highest BCUT2D eigenvalue weighted by Gasteiger charge is 2.32. The van der Waals surface area contributed by atoms with Gasteiger partial charge >= 0.3 is 0 Å². The van der Waals surface area contributed by atoms with Gasteiger partial charge in [0.1, 0.15) is 0 Å². The second-order valence-corrected chi connectivity index (χ2v) is 3.19. The summed E-state index contributed by atoms with van der Waals surface area (Å²) in [6.45, 7) is 0. The molecule has 1 unspecified atom stereocenters. The van der Waals surface area contributed by atoms with E-state index in [0.29, 0.717) is 0 Å². The van der Waals surface area contributed by atoms with Gasteiger partial charge in [0.05, 0.1) is 6.07 Å². The Hall–Kier alpha value is -1.29. The number of nitrogens with zero attached hydrogens (tertiary/aromatic N) is 1. The SMILES string of the molecule is N#CC=CC12C=CC(=CC1)C2. The number of nitriles is 1. The first-order valence-electron chi connectivity index (χ1n) is 3.80. The molecule has 0 aliphatic heterocycles. The largest absolute Gasteiger partial charge is 0.193 e. The first-order valence-corrected chi connectivity index (χ1v) is 3.80. The summed E-state index contributed by atoms with van der Waals surface area (Å²) in [6.07, 6.45) is 12.4. The van der Waals surface area contributed by atoms with Gasteiger partial charge in [0, 0.05) is 11.5 Å². The molecular weight excluding hydrogens is 134 g/mol. The van der Waals surface area contributed by atoms with Crippen molar-refractivity contribution in [1.82, 2.24) is 0 Å². The predicted molar refractivity (Wildman–Crippen MR) is 43.6 cm³/mol. The average molecular weight is 143 g/mol. The minimum Gasteiger partial charge on any atom is -0.193 e. The first-order chi connectivity index (χ1) is 5.35. The Bertz CT molecular complexity index is 301. The van der Waals surface area contributed by atoms with Crippen LogP contribution in [0.15, 0.2) is 36.0 Å². The van der Waals surface area contributed by atoms with Gasteiger partial charge in [-0.25, -0.2) is 0 Å². The van der Waals surface area contributed by atoms with E-state index < -0.39 is 0 Å². The maximum absolute atomic E-state index is 8.37. The molecular formula is C10H9N. The van der Waals surface area contributed by atoms with Gasteiger partial charge in [0.25, 0.3) is 0 Å². The molecule has 0 fully saturated rings. The predicted octanol–water partition coefficient (Wildman–Crippen LogP) is 2.34. The molecule has 2 bridgehead atoms. The van der Waals surface area contributed by atoms with Crippen LogP contribution >= 0.6 is 0 Å². The normalized spacial score (nSPS) is 32.8. The summed E-state index contributed by atoms with van der Waals surface area (Å²) in [7, 11) is 0.